The molecule has 29 heavy (non-hydrogen) atoms. The molecule has 2 aromatic carbocycles. The number of methoxy groups -OCH3 is 1. The van der Waals surface area contributed by atoms with E-state index in [0.29, 0.717) is 12.1 Å². The van der Waals surface area contributed by atoms with E-state index in [9.17, 15) is 9.59 Å². The lowest BCUT2D eigenvalue weighted by Gasteiger charge is -2.29. The summed E-state index contributed by atoms with van der Waals surface area (Å²) in [5, 5.41) is 6.13. The number of nitrogens with one attached hydrogen (secondary N) is 2. The Balaban J connectivity index is 1.48. The molecule has 2 aromatic rings. The molecule has 7 heteroatoms. The van der Waals surface area contributed by atoms with E-state index in [4.69, 9.17) is 4.74 Å². The standard InChI is InChI=1S/C22H27N3O4/c1-16(23-15-17-3-5-18(6-4-17)22(27)28-2)21(26)24-19-7-9-20(10-8-19)25-11-13-29-14-12-25/h3-10,16,23H,11-15H2,1-2H3,(H,24,26)/t16-/m0/s1. The molecular formula is C22H27N3O4. The van der Waals surface area contributed by atoms with Crippen LogP contribution in [0.5, 0.6) is 0 Å². The van der Waals surface area contributed by atoms with Gasteiger partial charge >= 0.3 is 5.97 Å². The lowest BCUT2D eigenvalue weighted by atomic mass is 10.1. The first kappa shape index (κ1) is 20.8. The van der Waals surface area contributed by atoms with Gasteiger partial charge in [0.2, 0.25) is 5.91 Å². The van der Waals surface area contributed by atoms with E-state index in [0.717, 1.165) is 43.2 Å². The van der Waals surface area contributed by atoms with Crippen LogP contribution in [-0.4, -0.2) is 51.3 Å². The van der Waals surface area contributed by atoms with Crippen LogP contribution in [0.15, 0.2) is 48.5 Å². The number of carbonyl (C=O) groups is 2. The van der Waals surface area contributed by atoms with Crippen LogP contribution in [0.3, 0.4) is 0 Å². The van der Waals surface area contributed by atoms with Gasteiger partial charge in [0.05, 0.1) is 31.9 Å². The van der Waals surface area contributed by atoms with E-state index in [-0.39, 0.29) is 17.9 Å². The molecule has 154 valence electrons. The molecule has 7 nitrogen and oxygen atoms in total. The second-order valence-corrected chi connectivity index (χ2v) is 6.93. The zero-order valence-electron chi connectivity index (χ0n) is 16.8. The maximum atomic E-state index is 12.4. The monoisotopic (exact) mass is 397 g/mol. The number of hydrogen-bond donors (Lipinski definition) is 2. The maximum Gasteiger partial charge on any atom is 0.337 e. The van der Waals surface area contributed by atoms with Crippen molar-refractivity contribution >= 4 is 23.3 Å². The van der Waals surface area contributed by atoms with Crippen molar-refractivity contribution in [3.63, 3.8) is 0 Å². The fourth-order valence-corrected chi connectivity index (χ4v) is 3.07. The van der Waals surface area contributed by atoms with Crippen LogP contribution in [0.25, 0.3) is 0 Å². The molecule has 1 amide bonds. The van der Waals surface area contributed by atoms with Gasteiger partial charge in [0.25, 0.3) is 0 Å². The molecule has 1 aliphatic heterocycles. The molecule has 0 aliphatic carbocycles. The smallest absolute Gasteiger partial charge is 0.337 e. The van der Waals surface area contributed by atoms with Gasteiger partial charge in [-0.2, -0.15) is 0 Å². The number of nitrogens with zero attached hydrogens (tertiary/aromatic N) is 1. The predicted molar refractivity (Wildman–Crippen MR) is 112 cm³/mol. The summed E-state index contributed by atoms with van der Waals surface area (Å²) in [6.45, 7) is 5.59. The van der Waals surface area contributed by atoms with E-state index in [1.165, 1.54) is 7.11 Å². The Morgan fingerprint density at radius 1 is 1.07 bits per heavy atom. The van der Waals surface area contributed by atoms with Crippen LogP contribution in [0.4, 0.5) is 11.4 Å². The Labute approximate surface area is 171 Å². The van der Waals surface area contributed by atoms with Crippen molar-refractivity contribution in [2.45, 2.75) is 19.5 Å². The average molecular weight is 397 g/mol. The van der Waals surface area contributed by atoms with Crippen molar-refractivity contribution < 1.29 is 19.1 Å². The van der Waals surface area contributed by atoms with Crippen molar-refractivity contribution in [2.24, 2.45) is 0 Å². The molecule has 0 aromatic heterocycles. The second-order valence-electron chi connectivity index (χ2n) is 6.93. The summed E-state index contributed by atoms with van der Waals surface area (Å²) in [7, 11) is 1.36. The van der Waals surface area contributed by atoms with Gasteiger partial charge in [0.1, 0.15) is 0 Å². The SMILES string of the molecule is COC(=O)c1ccc(CN[C@@H](C)C(=O)Nc2ccc(N3CCOCC3)cc2)cc1. The van der Waals surface area contributed by atoms with Crippen molar-refractivity contribution in [1.82, 2.24) is 5.32 Å². The minimum atomic E-state index is -0.366. The predicted octanol–water partition coefficient (Wildman–Crippen LogP) is 2.43. The van der Waals surface area contributed by atoms with Crippen LogP contribution in [0.2, 0.25) is 0 Å². The molecule has 0 unspecified atom stereocenters. The normalized spacial score (nSPS) is 14.9. The van der Waals surface area contributed by atoms with E-state index in [1.807, 2.05) is 43.3 Å². The summed E-state index contributed by atoms with van der Waals surface area (Å²) < 4.78 is 10.1. The Hall–Kier alpha value is -2.90. The number of carbonyl (C=O) groups excluding carboxylic acids is 2. The molecule has 1 aliphatic rings. The Morgan fingerprint density at radius 3 is 2.34 bits per heavy atom. The Bertz CT molecular complexity index is 815. The summed E-state index contributed by atoms with van der Waals surface area (Å²) in [5.41, 5.74) is 3.38. The minimum Gasteiger partial charge on any atom is -0.465 e. The highest BCUT2D eigenvalue weighted by Crippen LogP contribution is 2.19. The second kappa shape index (κ2) is 10.0. The van der Waals surface area contributed by atoms with Gasteiger partial charge in [0.15, 0.2) is 0 Å². The van der Waals surface area contributed by atoms with Crippen LogP contribution in [0.1, 0.15) is 22.8 Å². The summed E-state index contributed by atoms with van der Waals surface area (Å²) >= 11 is 0. The van der Waals surface area contributed by atoms with E-state index in [1.54, 1.807) is 12.1 Å². The molecule has 0 bridgehead atoms. The molecule has 1 atom stereocenters. The molecule has 0 spiro atoms. The molecule has 2 N–H and O–H groups in total. The third-order valence-corrected chi connectivity index (χ3v) is 4.89. The number of esters is 1. The van der Waals surface area contributed by atoms with E-state index in [2.05, 4.69) is 20.3 Å². The van der Waals surface area contributed by atoms with Crippen LogP contribution < -0.4 is 15.5 Å². The first-order valence-corrected chi connectivity index (χ1v) is 9.71. The molecule has 0 saturated carbocycles. The topological polar surface area (TPSA) is 79.9 Å². The van der Waals surface area contributed by atoms with Gasteiger partial charge in [-0.15, -0.1) is 0 Å². The number of morpholine rings is 1. The summed E-state index contributed by atoms with van der Waals surface area (Å²) in [6, 6.07) is 14.6. The van der Waals surface area contributed by atoms with Gasteiger partial charge in [-0.05, 0) is 48.9 Å². The van der Waals surface area contributed by atoms with Gasteiger partial charge < -0.3 is 25.0 Å². The highest BCUT2D eigenvalue weighted by molar-refractivity contribution is 5.94. The lowest BCUT2D eigenvalue weighted by Crippen LogP contribution is -2.37. The Kier molecular flexibility index (Phi) is 7.21. The summed E-state index contributed by atoms with van der Waals surface area (Å²) in [6.07, 6.45) is 0. The van der Waals surface area contributed by atoms with Crippen LogP contribution in [-0.2, 0) is 20.8 Å². The number of anilines is 2. The van der Waals surface area contributed by atoms with Crippen molar-refractivity contribution in [2.75, 3.05) is 43.6 Å². The third kappa shape index (κ3) is 5.79. The molecule has 1 heterocycles. The zero-order chi connectivity index (χ0) is 20.6. The van der Waals surface area contributed by atoms with Crippen molar-refractivity contribution in [1.29, 1.82) is 0 Å². The van der Waals surface area contributed by atoms with E-state index < -0.39 is 0 Å². The van der Waals surface area contributed by atoms with Crippen molar-refractivity contribution in [3.05, 3.63) is 59.7 Å². The summed E-state index contributed by atoms with van der Waals surface area (Å²) in [4.78, 5) is 26.2. The van der Waals surface area contributed by atoms with Gasteiger partial charge in [-0.1, -0.05) is 12.1 Å². The molecule has 3 rings (SSSR count). The van der Waals surface area contributed by atoms with Crippen LogP contribution in [0, 0.1) is 0 Å². The highest BCUT2D eigenvalue weighted by atomic mass is 16.5. The lowest BCUT2D eigenvalue weighted by molar-refractivity contribution is -0.117. The molecular weight excluding hydrogens is 370 g/mol. The third-order valence-electron chi connectivity index (χ3n) is 4.89. The largest absolute Gasteiger partial charge is 0.465 e. The van der Waals surface area contributed by atoms with E-state index >= 15 is 0 Å². The fourth-order valence-electron chi connectivity index (χ4n) is 3.07. The number of benzene rings is 2. The molecule has 0 radical (unpaired) electrons. The minimum absolute atomic E-state index is 0.102. The van der Waals surface area contributed by atoms with Crippen LogP contribution >= 0.6 is 0 Å². The zero-order valence-corrected chi connectivity index (χ0v) is 16.8. The summed E-state index contributed by atoms with van der Waals surface area (Å²) in [5.74, 6) is -0.466. The fraction of sp³-hybridized carbons (Fsp3) is 0.364. The number of rotatable bonds is 7. The van der Waals surface area contributed by atoms with Crippen molar-refractivity contribution in [3.8, 4) is 0 Å². The quantitative estimate of drug-likeness (QED) is 0.699. The average Bonchev–Trinajstić information content (AvgIpc) is 2.78. The maximum absolute atomic E-state index is 12.4. The van der Waals surface area contributed by atoms with Gasteiger partial charge in [-0.3, -0.25) is 4.79 Å². The molecule has 1 fully saturated rings. The molecule has 1 saturated heterocycles. The first-order valence-electron chi connectivity index (χ1n) is 9.71. The Morgan fingerprint density at radius 2 is 1.72 bits per heavy atom. The first-order chi connectivity index (χ1) is 14.1. The number of hydrogen-bond acceptors (Lipinski definition) is 6. The highest BCUT2D eigenvalue weighted by Gasteiger charge is 2.14. The number of ether oxygens (including phenoxy) is 2. The van der Waals surface area contributed by atoms with Gasteiger partial charge in [0, 0.05) is 31.0 Å². The number of amides is 1. The van der Waals surface area contributed by atoms with Gasteiger partial charge in [-0.25, -0.2) is 4.79 Å².